The molecule has 0 radical (unpaired) electrons. The van der Waals surface area contributed by atoms with E-state index in [4.69, 9.17) is 0 Å². The number of carbonyl (C=O) groups is 3. The van der Waals surface area contributed by atoms with Gasteiger partial charge in [-0.25, -0.2) is 0 Å². The lowest BCUT2D eigenvalue weighted by Crippen LogP contribution is -2.07. The summed E-state index contributed by atoms with van der Waals surface area (Å²) < 4.78 is 0. The molecule has 2 aromatic carbocycles. The van der Waals surface area contributed by atoms with Crippen LogP contribution in [0.5, 0.6) is 0 Å². The van der Waals surface area contributed by atoms with Gasteiger partial charge >= 0.3 is 0 Å². The Labute approximate surface area is 141 Å². The molecule has 0 N–H and O–H groups in total. The first-order valence-corrected chi connectivity index (χ1v) is 7.76. The molecule has 0 atom stereocenters. The molecule has 0 aliphatic carbocycles. The van der Waals surface area contributed by atoms with Gasteiger partial charge in [0.05, 0.1) is 6.42 Å². The normalized spacial score (nSPS) is 9.71. The third-order valence-corrected chi connectivity index (χ3v) is 3.51. The standard InChI is InChI=1S/C21H18O3/c1-16(22)18-13-11-17(12-14-18)7-5-6-10-20(23)15-21(24)19-8-3-2-4-9-19/h2-4,8-9,11-14H,6,10,15H2,1H3. The summed E-state index contributed by atoms with van der Waals surface area (Å²) in [6.07, 6.45) is 0.589. The number of hydrogen-bond acceptors (Lipinski definition) is 3. The molecule has 2 aromatic rings. The third kappa shape index (κ3) is 5.33. The van der Waals surface area contributed by atoms with E-state index in [1.807, 2.05) is 6.07 Å². The Bertz CT molecular complexity index is 790. The predicted molar refractivity (Wildman–Crippen MR) is 93.0 cm³/mol. The van der Waals surface area contributed by atoms with Crippen molar-refractivity contribution < 1.29 is 14.4 Å². The lowest BCUT2D eigenvalue weighted by molar-refractivity contribution is -0.118. The first kappa shape index (κ1) is 17.4. The first-order chi connectivity index (χ1) is 11.6. The summed E-state index contributed by atoms with van der Waals surface area (Å²) >= 11 is 0. The molecule has 3 heteroatoms. The van der Waals surface area contributed by atoms with Gasteiger partial charge in [-0.3, -0.25) is 14.4 Å². The highest BCUT2D eigenvalue weighted by molar-refractivity contribution is 6.07. The van der Waals surface area contributed by atoms with Crippen LogP contribution in [0.2, 0.25) is 0 Å². The van der Waals surface area contributed by atoms with E-state index in [0.717, 1.165) is 5.56 Å². The molecule has 0 aliphatic rings. The van der Waals surface area contributed by atoms with Crippen molar-refractivity contribution in [2.24, 2.45) is 0 Å². The van der Waals surface area contributed by atoms with Crippen LogP contribution in [-0.4, -0.2) is 17.3 Å². The van der Waals surface area contributed by atoms with Gasteiger partial charge in [0.15, 0.2) is 11.6 Å². The Kier molecular flexibility index (Phi) is 6.22. The van der Waals surface area contributed by atoms with Gasteiger partial charge < -0.3 is 0 Å². The molecule has 0 fully saturated rings. The van der Waals surface area contributed by atoms with Crippen molar-refractivity contribution in [2.75, 3.05) is 0 Å². The molecule has 0 saturated carbocycles. The predicted octanol–water partition coefficient (Wildman–Crippen LogP) is 3.86. The molecule has 2 rings (SSSR count). The smallest absolute Gasteiger partial charge is 0.170 e. The molecule has 0 aliphatic heterocycles. The van der Waals surface area contributed by atoms with Gasteiger partial charge in [-0.15, -0.1) is 0 Å². The second-order valence-electron chi connectivity index (χ2n) is 5.44. The van der Waals surface area contributed by atoms with Crippen molar-refractivity contribution in [3.8, 4) is 11.8 Å². The fraction of sp³-hybridized carbons (Fsp3) is 0.190. The molecule has 0 amide bonds. The average molecular weight is 318 g/mol. The lowest BCUT2D eigenvalue weighted by Gasteiger charge is -1.99. The molecule has 120 valence electrons. The number of ketones is 3. The lowest BCUT2D eigenvalue weighted by atomic mass is 10.0. The minimum absolute atomic E-state index is 0.0168. The average Bonchev–Trinajstić information content (AvgIpc) is 2.60. The Morgan fingerprint density at radius 3 is 2.17 bits per heavy atom. The van der Waals surface area contributed by atoms with E-state index in [-0.39, 0.29) is 30.2 Å². The molecule has 0 heterocycles. The van der Waals surface area contributed by atoms with Gasteiger partial charge in [0, 0.05) is 29.5 Å². The molecule has 0 bridgehead atoms. The SMILES string of the molecule is CC(=O)c1ccc(C#CCCC(=O)CC(=O)c2ccccc2)cc1. The first-order valence-electron chi connectivity index (χ1n) is 7.76. The maximum absolute atomic E-state index is 11.9. The van der Waals surface area contributed by atoms with Crippen LogP contribution < -0.4 is 0 Å². The highest BCUT2D eigenvalue weighted by atomic mass is 16.1. The largest absolute Gasteiger partial charge is 0.299 e. The zero-order valence-corrected chi connectivity index (χ0v) is 13.5. The summed E-state index contributed by atoms with van der Waals surface area (Å²) in [6.45, 7) is 1.52. The number of benzene rings is 2. The van der Waals surface area contributed by atoms with Crippen LogP contribution in [0.3, 0.4) is 0 Å². The summed E-state index contributed by atoms with van der Waals surface area (Å²) in [5.74, 6) is 5.63. The Morgan fingerprint density at radius 1 is 0.875 bits per heavy atom. The molecule has 0 spiro atoms. The van der Waals surface area contributed by atoms with Gasteiger partial charge in [0.25, 0.3) is 0 Å². The van der Waals surface area contributed by atoms with Crippen molar-refractivity contribution in [2.45, 2.75) is 26.2 Å². The van der Waals surface area contributed by atoms with Gasteiger partial charge in [0.1, 0.15) is 5.78 Å². The Morgan fingerprint density at radius 2 is 1.54 bits per heavy atom. The second kappa shape index (κ2) is 8.59. The van der Waals surface area contributed by atoms with Gasteiger partial charge in [-0.2, -0.15) is 0 Å². The van der Waals surface area contributed by atoms with Gasteiger partial charge in [0.2, 0.25) is 0 Å². The van der Waals surface area contributed by atoms with E-state index in [0.29, 0.717) is 17.5 Å². The van der Waals surface area contributed by atoms with Crippen LogP contribution >= 0.6 is 0 Å². The molecule has 0 unspecified atom stereocenters. The zero-order chi connectivity index (χ0) is 17.4. The van der Waals surface area contributed by atoms with Gasteiger partial charge in [-0.05, 0) is 19.1 Å². The summed E-state index contributed by atoms with van der Waals surface area (Å²) in [5.41, 5.74) is 2.01. The highest BCUT2D eigenvalue weighted by Gasteiger charge is 2.10. The van der Waals surface area contributed by atoms with Crippen LogP contribution in [0.4, 0.5) is 0 Å². The monoisotopic (exact) mass is 318 g/mol. The second-order valence-corrected chi connectivity index (χ2v) is 5.44. The number of hydrogen-bond donors (Lipinski definition) is 0. The molecular formula is C21H18O3. The fourth-order valence-corrected chi connectivity index (χ4v) is 2.15. The van der Waals surface area contributed by atoms with Crippen LogP contribution in [0.1, 0.15) is 52.5 Å². The van der Waals surface area contributed by atoms with Crippen molar-refractivity contribution in [1.82, 2.24) is 0 Å². The van der Waals surface area contributed by atoms with Crippen LogP contribution in [0.25, 0.3) is 0 Å². The van der Waals surface area contributed by atoms with Crippen molar-refractivity contribution in [3.63, 3.8) is 0 Å². The Balaban J connectivity index is 1.81. The molecular weight excluding hydrogens is 300 g/mol. The van der Waals surface area contributed by atoms with E-state index in [1.54, 1.807) is 48.5 Å². The highest BCUT2D eigenvalue weighted by Crippen LogP contribution is 2.06. The third-order valence-electron chi connectivity index (χ3n) is 3.51. The summed E-state index contributed by atoms with van der Waals surface area (Å²) in [7, 11) is 0. The van der Waals surface area contributed by atoms with Crippen LogP contribution in [0.15, 0.2) is 54.6 Å². The van der Waals surface area contributed by atoms with E-state index < -0.39 is 0 Å². The van der Waals surface area contributed by atoms with Gasteiger partial charge in [-0.1, -0.05) is 54.3 Å². The van der Waals surface area contributed by atoms with Crippen molar-refractivity contribution >= 4 is 17.3 Å². The van der Waals surface area contributed by atoms with E-state index in [9.17, 15) is 14.4 Å². The van der Waals surface area contributed by atoms with E-state index in [1.165, 1.54) is 6.92 Å². The number of carbonyl (C=O) groups excluding carboxylic acids is 3. The Hall–Kier alpha value is -2.99. The summed E-state index contributed by atoms with van der Waals surface area (Å²) in [5, 5.41) is 0. The minimum atomic E-state index is -0.159. The maximum Gasteiger partial charge on any atom is 0.170 e. The van der Waals surface area contributed by atoms with Crippen molar-refractivity contribution in [1.29, 1.82) is 0 Å². The summed E-state index contributed by atoms with van der Waals surface area (Å²) in [6, 6.07) is 15.8. The molecule has 0 saturated heterocycles. The van der Waals surface area contributed by atoms with E-state index in [2.05, 4.69) is 11.8 Å². The molecule has 3 nitrogen and oxygen atoms in total. The topological polar surface area (TPSA) is 51.2 Å². The number of Topliss-reactive ketones (excluding diaryl/α,β-unsaturated/α-hetero) is 3. The van der Waals surface area contributed by atoms with Crippen LogP contribution in [-0.2, 0) is 4.79 Å². The summed E-state index contributed by atoms with van der Waals surface area (Å²) in [4.78, 5) is 34.9. The maximum atomic E-state index is 11.9. The zero-order valence-electron chi connectivity index (χ0n) is 13.5. The van der Waals surface area contributed by atoms with Crippen molar-refractivity contribution in [3.05, 3.63) is 71.3 Å². The fourth-order valence-electron chi connectivity index (χ4n) is 2.15. The minimum Gasteiger partial charge on any atom is -0.299 e. The quantitative estimate of drug-likeness (QED) is 0.461. The van der Waals surface area contributed by atoms with E-state index >= 15 is 0 Å². The van der Waals surface area contributed by atoms with Crippen LogP contribution in [0, 0.1) is 11.8 Å². The molecule has 24 heavy (non-hydrogen) atoms. The molecule has 0 aromatic heterocycles. The number of rotatable bonds is 6.